The smallest absolute Gasteiger partial charge is 0.254 e. The molecule has 32 heavy (non-hydrogen) atoms. The molecule has 1 saturated heterocycles. The van der Waals surface area contributed by atoms with Crippen LogP contribution in [0.2, 0.25) is 0 Å². The number of anilines is 1. The third-order valence-electron chi connectivity index (χ3n) is 7.71. The van der Waals surface area contributed by atoms with Gasteiger partial charge in [-0.15, -0.1) is 0 Å². The lowest BCUT2D eigenvalue weighted by Gasteiger charge is -2.40. The summed E-state index contributed by atoms with van der Waals surface area (Å²) in [7, 11) is 2.18. The van der Waals surface area contributed by atoms with Crippen LogP contribution in [-0.4, -0.2) is 62.7 Å². The van der Waals surface area contributed by atoms with E-state index in [-0.39, 0.29) is 24.9 Å². The summed E-state index contributed by atoms with van der Waals surface area (Å²) in [4.78, 5) is 29.2. The molecule has 1 saturated carbocycles. The average molecular weight is 439 g/mol. The number of nitriles is 1. The molecule has 1 aliphatic carbocycles. The minimum atomic E-state index is -0.311. The first kappa shape index (κ1) is 22.6. The first-order chi connectivity index (χ1) is 15.5. The van der Waals surface area contributed by atoms with E-state index in [9.17, 15) is 9.59 Å². The lowest BCUT2D eigenvalue weighted by molar-refractivity contribution is -0.121. The van der Waals surface area contributed by atoms with Crippen LogP contribution in [0.25, 0.3) is 0 Å². The van der Waals surface area contributed by atoms with Crippen LogP contribution in [-0.2, 0) is 9.53 Å². The molecule has 3 atom stereocenters. The number of rotatable bonds is 6. The fourth-order valence-electron chi connectivity index (χ4n) is 5.96. The predicted octanol–water partition coefficient (Wildman–Crippen LogP) is 2.92. The van der Waals surface area contributed by atoms with Gasteiger partial charge in [-0.3, -0.25) is 9.59 Å². The van der Waals surface area contributed by atoms with Gasteiger partial charge in [0.1, 0.15) is 6.54 Å². The molecule has 3 aliphatic rings. The number of likely N-dealkylation sites (N-methyl/N-ethyl adjacent to an activating group) is 2. The highest BCUT2D eigenvalue weighted by Gasteiger charge is 2.43. The van der Waals surface area contributed by atoms with Crippen molar-refractivity contribution < 1.29 is 14.3 Å². The first-order valence-electron chi connectivity index (χ1n) is 11.9. The Bertz CT molecular complexity index is 890. The van der Waals surface area contributed by atoms with Crippen molar-refractivity contribution in [2.45, 2.75) is 51.0 Å². The van der Waals surface area contributed by atoms with Gasteiger partial charge in [0.2, 0.25) is 5.91 Å². The Morgan fingerprint density at radius 3 is 2.72 bits per heavy atom. The Morgan fingerprint density at radius 2 is 2.00 bits per heavy atom. The summed E-state index contributed by atoms with van der Waals surface area (Å²) in [5.74, 6) is 1.50. The van der Waals surface area contributed by atoms with Gasteiger partial charge in [0.15, 0.2) is 0 Å². The second-order valence-corrected chi connectivity index (χ2v) is 9.34. The van der Waals surface area contributed by atoms with E-state index in [4.69, 9.17) is 10.00 Å². The van der Waals surface area contributed by atoms with Crippen LogP contribution in [0.3, 0.4) is 0 Å². The van der Waals surface area contributed by atoms with E-state index in [1.165, 1.54) is 48.3 Å². The van der Waals surface area contributed by atoms with Gasteiger partial charge in [0, 0.05) is 50.0 Å². The van der Waals surface area contributed by atoms with Gasteiger partial charge in [0.25, 0.3) is 5.91 Å². The van der Waals surface area contributed by atoms with Crippen molar-refractivity contribution in [2.75, 3.05) is 44.8 Å². The molecule has 2 aliphatic heterocycles. The Morgan fingerprint density at radius 1 is 1.22 bits per heavy atom. The van der Waals surface area contributed by atoms with Crippen LogP contribution in [0.15, 0.2) is 18.2 Å². The predicted molar refractivity (Wildman–Crippen MR) is 122 cm³/mol. The van der Waals surface area contributed by atoms with Gasteiger partial charge in [-0.05, 0) is 74.6 Å². The Labute approximate surface area is 190 Å². The largest absolute Gasteiger partial charge is 0.381 e. The van der Waals surface area contributed by atoms with Crippen LogP contribution >= 0.6 is 0 Å². The molecule has 2 fully saturated rings. The molecule has 7 nitrogen and oxygen atoms in total. The number of ether oxygens (including phenoxy) is 1. The number of benzene rings is 1. The first-order valence-corrected chi connectivity index (χ1v) is 11.9. The number of carbonyl (C=O) groups excluding carboxylic acids is 2. The molecule has 2 heterocycles. The fraction of sp³-hybridized carbons (Fsp3) is 0.640. The maximum Gasteiger partial charge on any atom is 0.254 e. The highest BCUT2D eigenvalue weighted by molar-refractivity contribution is 5.97. The van der Waals surface area contributed by atoms with E-state index >= 15 is 0 Å². The zero-order valence-corrected chi connectivity index (χ0v) is 19.2. The highest BCUT2D eigenvalue weighted by atomic mass is 16.5. The van der Waals surface area contributed by atoms with Crippen molar-refractivity contribution in [3.63, 3.8) is 0 Å². The Balaban J connectivity index is 1.51. The third-order valence-corrected chi connectivity index (χ3v) is 7.71. The minimum Gasteiger partial charge on any atom is -0.381 e. The van der Waals surface area contributed by atoms with E-state index in [0.29, 0.717) is 24.1 Å². The van der Waals surface area contributed by atoms with Crippen LogP contribution < -0.4 is 10.2 Å². The molecule has 172 valence electrons. The zero-order valence-electron chi connectivity index (χ0n) is 19.2. The van der Waals surface area contributed by atoms with Crippen LogP contribution in [0.4, 0.5) is 5.69 Å². The quantitative estimate of drug-likeness (QED) is 0.690. The molecule has 0 radical (unpaired) electrons. The Kier molecular flexibility index (Phi) is 7.00. The van der Waals surface area contributed by atoms with Crippen molar-refractivity contribution in [2.24, 2.45) is 11.8 Å². The van der Waals surface area contributed by atoms with Crippen LogP contribution in [0.5, 0.6) is 0 Å². The van der Waals surface area contributed by atoms with Crippen molar-refractivity contribution in [1.29, 1.82) is 5.26 Å². The molecule has 0 bridgehead atoms. The minimum absolute atomic E-state index is 0.0358. The highest BCUT2D eigenvalue weighted by Crippen LogP contribution is 2.51. The number of fused-ring (bicyclic) bond motifs is 3. The van der Waals surface area contributed by atoms with Gasteiger partial charge >= 0.3 is 0 Å². The molecule has 3 unspecified atom stereocenters. The fourth-order valence-corrected chi connectivity index (χ4v) is 5.96. The standard InChI is InChI=1S/C25H34N4O3/c1-3-29(16-24(30)27-11-10-26)25(31)19-5-7-23-21(15-19)20-14-18(4-6-22(20)28(23)2)17-8-12-32-13-9-17/h5,7,15,17-18,20,22H,3-4,6,8-9,11-14,16H2,1-2H3,(H,27,30). The van der Waals surface area contributed by atoms with Crippen molar-refractivity contribution >= 4 is 17.5 Å². The molecular weight excluding hydrogens is 404 g/mol. The van der Waals surface area contributed by atoms with E-state index < -0.39 is 0 Å². The summed E-state index contributed by atoms with van der Waals surface area (Å²) in [5, 5.41) is 11.2. The van der Waals surface area contributed by atoms with Gasteiger partial charge in [-0.2, -0.15) is 5.26 Å². The van der Waals surface area contributed by atoms with E-state index in [1.807, 2.05) is 19.1 Å². The van der Waals surface area contributed by atoms with Crippen molar-refractivity contribution in [3.8, 4) is 6.07 Å². The third kappa shape index (κ3) is 4.47. The molecule has 1 aromatic carbocycles. The summed E-state index contributed by atoms with van der Waals surface area (Å²) in [5.41, 5.74) is 3.16. The molecule has 4 rings (SSSR count). The van der Waals surface area contributed by atoms with Gasteiger partial charge in [0.05, 0.1) is 12.6 Å². The summed E-state index contributed by atoms with van der Waals surface area (Å²) in [6.45, 7) is 4.00. The number of amides is 2. The van der Waals surface area contributed by atoms with Crippen molar-refractivity contribution in [1.82, 2.24) is 10.2 Å². The second-order valence-electron chi connectivity index (χ2n) is 9.34. The maximum atomic E-state index is 13.2. The topological polar surface area (TPSA) is 85.7 Å². The number of hydrogen-bond acceptors (Lipinski definition) is 5. The van der Waals surface area contributed by atoms with Crippen LogP contribution in [0, 0.1) is 23.2 Å². The number of nitrogens with zero attached hydrogens (tertiary/aromatic N) is 3. The summed E-state index contributed by atoms with van der Waals surface area (Å²) >= 11 is 0. The molecule has 0 aromatic heterocycles. The number of hydrogen-bond donors (Lipinski definition) is 1. The lowest BCUT2D eigenvalue weighted by atomic mass is 9.70. The molecule has 1 aromatic rings. The number of carbonyl (C=O) groups is 2. The van der Waals surface area contributed by atoms with Crippen LogP contribution in [0.1, 0.15) is 60.9 Å². The molecular formula is C25H34N4O3. The molecule has 2 amide bonds. The molecule has 7 heteroatoms. The average Bonchev–Trinajstić information content (AvgIpc) is 3.12. The number of nitrogens with one attached hydrogen (secondary N) is 1. The summed E-state index contributed by atoms with van der Waals surface area (Å²) in [6.07, 6.45) is 5.99. The lowest BCUT2D eigenvalue weighted by Crippen LogP contribution is -2.40. The summed E-state index contributed by atoms with van der Waals surface area (Å²) < 4.78 is 5.58. The molecule has 1 N–H and O–H groups in total. The van der Waals surface area contributed by atoms with E-state index in [0.717, 1.165) is 25.0 Å². The SMILES string of the molecule is CCN(CC(=O)NCC#N)C(=O)c1ccc2c(c1)C1CC(C3CCOCC3)CCC1N2C. The Hall–Kier alpha value is -2.59. The normalized spacial score (nSPS) is 24.9. The monoisotopic (exact) mass is 438 g/mol. The maximum absolute atomic E-state index is 13.2. The summed E-state index contributed by atoms with van der Waals surface area (Å²) in [6, 6.07) is 8.43. The van der Waals surface area contributed by atoms with Gasteiger partial charge in [-0.25, -0.2) is 0 Å². The van der Waals surface area contributed by atoms with E-state index in [2.05, 4.69) is 29.4 Å². The molecule has 0 spiro atoms. The van der Waals surface area contributed by atoms with E-state index in [1.54, 1.807) is 0 Å². The van der Waals surface area contributed by atoms with Crippen molar-refractivity contribution in [3.05, 3.63) is 29.3 Å². The second kappa shape index (κ2) is 9.91. The van der Waals surface area contributed by atoms with Gasteiger partial charge in [-0.1, -0.05) is 0 Å². The zero-order chi connectivity index (χ0) is 22.7. The van der Waals surface area contributed by atoms with Gasteiger partial charge < -0.3 is 19.9 Å².